The molecule has 1 saturated heterocycles. The average Bonchev–Trinajstić information content (AvgIpc) is 2.49. The number of carbonyl (C=O) groups is 1. The molecule has 1 aromatic heterocycles. The molecule has 0 amide bonds. The van der Waals surface area contributed by atoms with Gasteiger partial charge in [-0.1, -0.05) is 12.1 Å². The molecule has 1 fully saturated rings. The van der Waals surface area contributed by atoms with E-state index in [0.29, 0.717) is 18.8 Å². The molecule has 2 aromatic rings. The standard InChI is InChI=1S/C15H16N2O3S/c18-11-14-3-2-13-9-12(1-4-15(13)16-14)10-17-5-7-21(19,20)8-6-17/h1-4,9,11H,5-8,10H2. The molecule has 0 saturated carbocycles. The summed E-state index contributed by atoms with van der Waals surface area (Å²) >= 11 is 0. The van der Waals surface area contributed by atoms with Gasteiger partial charge in [-0.2, -0.15) is 0 Å². The van der Waals surface area contributed by atoms with Crippen molar-refractivity contribution < 1.29 is 13.2 Å². The molecule has 0 unspecified atom stereocenters. The number of carbonyl (C=O) groups excluding carboxylic acids is 1. The van der Waals surface area contributed by atoms with Gasteiger partial charge in [0.05, 0.1) is 17.0 Å². The van der Waals surface area contributed by atoms with E-state index >= 15 is 0 Å². The summed E-state index contributed by atoms with van der Waals surface area (Å²) in [5.41, 5.74) is 2.35. The molecule has 6 heteroatoms. The van der Waals surface area contributed by atoms with Crippen LogP contribution >= 0.6 is 0 Å². The number of hydrogen-bond acceptors (Lipinski definition) is 5. The van der Waals surface area contributed by atoms with Crippen molar-refractivity contribution in [1.82, 2.24) is 9.88 Å². The van der Waals surface area contributed by atoms with Crippen molar-refractivity contribution in [2.24, 2.45) is 0 Å². The Labute approximate surface area is 123 Å². The van der Waals surface area contributed by atoms with Crippen molar-refractivity contribution in [3.8, 4) is 0 Å². The summed E-state index contributed by atoms with van der Waals surface area (Å²) in [6, 6.07) is 9.51. The zero-order chi connectivity index (χ0) is 14.9. The monoisotopic (exact) mass is 304 g/mol. The van der Waals surface area contributed by atoms with E-state index in [1.165, 1.54) is 0 Å². The maximum absolute atomic E-state index is 11.4. The topological polar surface area (TPSA) is 67.3 Å². The molecule has 0 bridgehead atoms. The van der Waals surface area contributed by atoms with Gasteiger partial charge in [0, 0.05) is 25.0 Å². The maximum Gasteiger partial charge on any atom is 0.168 e. The Morgan fingerprint density at radius 2 is 1.90 bits per heavy atom. The van der Waals surface area contributed by atoms with Crippen LogP contribution in [0.2, 0.25) is 0 Å². The second-order valence-electron chi connectivity index (χ2n) is 5.31. The summed E-state index contributed by atoms with van der Waals surface area (Å²) in [4.78, 5) is 17.1. The van der Waals surface area contributed by atoms with Crippen LogP contribution in [0.3, 0.4) is 0 Å². The van der Waals surface area contributed by atoms with Crippen LogP contribution in [0, 0.1) is 0 Å². The van der Waals surface area contributed by atoms with Gasteiger partial charge in [0.1, 0.15) is 5.69 Å². The Hall–Kier alpha value is -1.79. The minimum atomic E-state index is -2.84. The number of sulfone groups is 1. The van der Waals surface area contributed by atoms with Gasteiger partial charge >= 0.3 is 0 Å². The number of rotatable bonds is 3. The number of aldehydes is 1. The average molecular weight is 304 g/mol. The van der Waals surface area contributed by atoms with Gasteiger partial charge in [-0.3, -0.25) is 9.69 Å². The highest BCUT2D eigenvalue weighted by Crippen LogP contribution is 2.17. The van der Waals surface area contributed by atoms with Gasteiger partial charge < -0.3 is 0 Å². The third-order valence-corrected chi connectivity index (χ3v) is 5.35. The normalized spacial score (nSPS) is 18.7. The van der Waals surface area contributed by atoms with E-state index < -0.39 is 9.84 Å². The van der Waals surface area contributed by atoms with Crippen molar-refractivity contribution in [3.05, 3.63) is 41.6 Å². The molecular weight excluding hydrogens is 288 g/mol. The zero-order valence-corrected chi connectivity index (χ0v) is 12.3. The molecule has 0 radical (unpaired) electrons. The van der Waals surface area contributed by atoms with E-state index in [1.807, 2.05) is 24.3 Å². The number of fused-ring (bicyclic) bond motifs is 1. The van der Waals surface area contributed by atoms with Gasteiger partial charge in [-0.15, -0.1) is 0 Å². The van der Waals surface area contributed by atoms with Crippen LogP contribution in [0.25, 0.3) is 10.9 Å². The quantitative estimate of drug-likeness (QED) is 0.799. The fourth-order valence-corrected chi connectivity index (χ4v) is 3.80. The molecule has 1 aliphatic heterocycles. The summed E-state index contributed by atoms with van der Waals surface area (Å²) in [5.74, 6) is 0.482. The van der Waals surface area contributed by atoms with Gasteiger partial charge in [0.2, 0.25) is 0 Å². The van der Waals surface area contributed by atoms with Crippen LogP contribution in [0.1, 0.15) is 16.1 Å². The first kappa shape index (κ1) is 14.2. The summed E-state index contributed by atoms with van der Waals surface area (Å²) in [6.45, 7) is 1.91. The molecule has 21 heavy (non-hydrogen) atoms. The van der Waals surface area contributed by atoms with Crippen LogP contribution in [-0.2, 0) is 16.4 Å². The minimum Gasteiger partial charge on any atom is -0.297 e. The number of pyridine rings is 1. The highest BCUT2D eigenvalue weighted by Gasteiger charge is 2.21. The molecule has 5 nitrogen and oxygen atoms in total. The van der Waals surface area contributed by atoms with Crippen molar-refractivity contribution in [3.63, 3.8) is 0 Å². The molecule has 0 spiro atoms. The first-order valence-corrected chi connectivity index (χ1v) is 8.65. The Morgan fingerprint density at radius 3 is 2.62 bits per heavy atom. The Balaban J connectivity index is 1.77. The predicted octanol–water partition coefficient (Wildman–Crippen LogP) is 1.28. The lowest BCUT2D eigenvalue weighted by Gasteiger charge is -2.26. The molecule has 0 aliphatic carbocycles. The lowest BCUT2D eigenvalue weighted by molar-refractivity contribution is 0.111. The molecule has 0 N–H and O–H groups in total. The Bertz CT molecular complexity index is 773. The van der Waals surface area contributed by atoms with E-state index in [-0.39, 0.29) is 11.5 Å². The second-order valence-corrected chi connectivity index (χ2v) is 7.61. The molecule has 2 heterocycles. The summed E-state index contributed by atoms with van der Waals surface area (Å²) < 4.78 is 22.8. The Kier molecular flexibility index (Phi) is 3.73. The number of benzene rings is 1. The molecule has 3 rings (SSSR count). The minimum absolute atomic E-state index is 0.241. The third kappa shape index (κ3) is 3.28. The van der Waals surface area contributed by atoms with Gasteiger partial charge in [0.15, 0.2) is 16.1 Å². The van der Waals surface area contributed by atoms with Gasteiger partial charge in [-0.05, 0) is 23.8 Å². The van der Waals surface area contributed by atoms with Crippen LogP contribution in [0.5, 0.6) is 0 Å². The highest BCUT2D eigenvalue weighted by atomic mass is 32.2. The lowest BCUT2D eigenvalue weighted by Crippen LogP contribution is -2.39. The lowest BCUT2D eigenvalue weighted by atomic mass is 10.1. The van der Waals surface area contributed by atoms with Gasteiger partial charge in [-0.25, -0.2) is 13.4 Å². The predicted molar refractivity (Wildman–Crippen MR) is 81.1 cm³/mol. The number of nitrogens with zero attached hydrogens (tertiary/aromatic N) is 2. The summed E-state index contributed by atoms with van der Waals surface area (Å²) in [7, 11) is -2.84. The third-order valence-electron chi connectivity index (χ3n) is 3.74. The van der Waals surface area contributed by atoms with Crippen LogP contribution < -0.4 is 0 Å². The van der Waals surface area contributed by atoms with Crippen LogP contribution in [0.4, 0.5) is 0 Å². The first-order chi connectivity index (χ1) is 10.1. The summed E-state index contributed by atoms with van der Waals surface area (Å²) in [6.07, 6.45) is 0.738. The van der Waals surface area contributed by atoms with Gasteiger partial charge in [0.25, 0.3) is 0 Å². The van der Waals surface area contributed by atoms with Crippen LogP contribution in [-0.4, -0.2) is 49.2 Å². The number of hydrogen-bond donors (Lipinski definition) is 0. The zero-order valence-electron chi connectivity index (χ0n) is 11.5. The molecule has 1 aromatic carbocycles. The largest absolute Gasteiger partial charge is 0.297 e. The van der Waals surface area contributed by atoms with E-state index in [0.717, 1.165) is 29.3 Å². The molecule has 110 valence electrons. The van der Waals surface area contributed by atoms with E-state index in [4.69, 9.17) is 0 Å². The van der Waals surface area contributed by atoms with Crippen molar-refractivity contribution in [1.29, 1.82) is 0 Å². The van der Waals surface area contributed by atoms with Crippen molar-refractivity contribution in [2.75, 3.05) is 24.6 Å². The fourth-order valence-electron chi connectivity index (χ4n) is 2.52. The van der Waals surface area contributed by atoms with E-state index in [2.05, 4.69) is 9.88 Å². The fraction of sp³-hybridized carbons (Fsp3) is 0.333. The number of aromatic nitrogens is 1. The Morgan fingerprint density at radius 1 is 1.14 bits per heavy atom. The van der Waals surface area contributed by atoms with Crippen molar-refractivity contribution in [2.45, 2.75) is 6.54 Å². The molecule has 1 aliphatic rings. The summed E-state index contributed by atoms with van der Waals surface area (Å²) in [5, 5.41) is 0.989. The van der Waals surface area contributed by atoms with E-state index in [9.17, 15) is 13.2 Å². The highest BCUT2D eigenvalue weighted by molar-refractivity contribution is 7.91. The first-order valence-electron chi connectivity index (χ1n) is 6.83. The maximum atomic E-state index is 11.4. The smallest absolute Gasteiger partial charge is 0.168 e. The molecule has 0 atom stereocenters. The second kappa shape index (κ2) is 5.54. The van der Waals surface area contributed by atoms with Crippen LogP contribution in [0.15, 0.2) is 30.3 Å². The van der Waals surface area contributed by atoms with E-state index in [1.54, 1.807) is 6.07 Å². The SMILES string of the molecule is O=Cc1ccc2cc(CN3CCS(=O)(=O)CC3)ccc2n1. The molecular formula is C15H16N2O3S. The van der Waals surface area contributed by atoms with Crippen molar-refractivity contribution >= 4 is 27.0 Å².